The van der Waals surface area contributed by atoms with Crippen molar-refractivity contribution in [1.82, 2.24) is 4.31 Å². The Bertz CT molecular complexity index is 691. The lowest BCUT2D eigenvalue weighted by Gasteiger charge is -2.21. The highest BCUT2D eigenvalue weighted by molar-refractivity contribution is 7.89. The normalized spacial score (nSPS) is 19.7. The van der Waals surface area contributed by atoms with Gasteiger partial charge in [-0.25, -0.2) is 8.42 Å². The van der Waals surface area contributed by atoms with Crippen molar-refractivity contribution in [2.24, 2.45) is 0 Å². The van der Waals surface area contributed by atoms with Gasteiger partial charge in [-0.05, 0) is 31.4 Å². The lowest BCUT2D eigenvalue weighted by atomic mass is 10.1. The van der Waals surface area contributed by atoms with Crippen LogP contribution in [0.25, 0.3) is 0 Å². The van der Waals surface area contributed by atoms with Gasteiger partial charge < -0.3 is 5.11 Å². The largest absolute Gasteiger partial charge is 0.480 e. The molecule has 0 unspecified atom stereocenters. The number of rotatable bonds is 3. The first kappa shape index (κ1) is 14.5. The van der Waals surface area contributed by atoms with E-state index in [-0.39, 0.29) is 17.0 Å². The summed E-state index contributed by atoms with van der Waals surface area (Å²) in [6.07, 6.45) is 0.798. The van der Waals surface area contributed by atoms with Gasteiger partial charge in [-0.1, -0.05) is 12.1 Å². The van der Waals surface area contributed by atoms with Crippen molar-refractivity contribution >= 4 is 16.0 Å². The van der Waals surface area contributed by atoms with Crippen LogP contribution in [0.2, 0.25) is 0 Å². The number of carboxylic acid groups (broad SMARTS) is 1. The highest BCUT2D eigenvalue weighted by Gasteiger charge is 2.40. The molecule has 1 N–H and O–H groups in total. The summed E-state index contributed by atoms with van der Waals surface area (Å²) in [5.74, 6) is -1.16. The van der Waals surface area contributed by atoms with Crippen LogP contribution in [0.1, 0.15) is 24.0 Å². The van der Waals surface area contributed by atoms with Crippen LogP contribution in [0.5, 0.6) is 0 Å². The lowest BCUT2D eigenvalue weighted by Crippen LogP contribution is -2.40. The van der Waals surface area contributed by atoms with Crippen molar-refractivity contribution in [3.63, 3.8) is 0 Å². The molecule has 0 spiro atoms. The first-order valence-corrected chi connectivity index (χ1v) is 7.58. The number of benzene rings is 1. The van der Waals surface area contributed by atoms with Gasteiger partial charge in [-0.3, -0.25) is 4.79 Å². The monoisotopic (exact) mass is 294 g/mol. The molecule has 1 aromatic carbocycles. The average molecular weight is 294 g/mol. The van der Waals surface area contributed by atoms with Crippen molar-refractivity contribution in [3.05, 3.63) is 29.3 Å². The van der Waals surface area contributed by atoms with E-state index in [1.807, 2.05) is 6.07 Å². The van der Waals surface area contributed by atoms with Gasteiger partial charge in [0, 0.05) is 6.54 Å². The van der Waals surface area contributed by atoms with Gasteiger partial charge in [-0.15, -0.1) is 0 Å². The van der Waals surface area contributed by atoms with Crippen molar-refractivity contribution in [3.8, 4) is 6.07 Å². The van der Waals surface area contributed by atoms with Crippen LogP contribution in [0.3, 0.4) is 0 Å². The number of hydrogen-bond donors (Lipinski definition) is 1. The Kier molecular flexibility index (Phi) is 3.79. The minimum atomic E-state index is -3.97. The van der Waals surface area contributed by atoms with E-state index >= 15 is 0 Å². The van der Waals surface area contributed by atoms with E-state index in [0.29, 0.717) is 18.4 Å². The van der Waals surface area contributed by atoms with Crippen molar-refractivity contribution in [2.45, 2.75) is 30.7 Å². The number of nitrogens with zero attached hydrogens (tertiary/aromatic N) is 2. The molecule has 1 saturated heterocycles. The molecule has 1 fully saturated rings. The molecule has 6 nitrogen and oxygen atoms in total. The van der Waals surface area contributed by atoms with E-state index in [9.17, 15) is 13.2 Å². The van der Waals surface area contributed by atoms with Crippen LogP contribution >= 0.6 is 0 Å². The quantitative estimate of drug-likeness (QED) is 0.900. The predicted octanol–water partition coefficient (Wildman–Crippen LogP) is 1.10. The maximum Gasteiger partial charge on any atom is 0.322 e. The molecular formula is C13H14N2O4S. The summed E-state index contributed by atoms with van der Waals surface area (Å²) in [7, 11) is -3.97. The molecule has 106 valence electrons. The zero-order valence-electron chi connectivity index (χ0n) is 10.9. The third-order valence-electron chi connectivity index (χ3n) is 3.42. The summed E-state index contributed by atoms with van der Waals surface area (Å²) in [6, 6.07) is 5.38. The summed E-state index contributed by atoms with van der Waals surface area (Å²) < 4.78 is 26.2. The van der Waals surface area contributed by atoms with E-state index in [4.69, 9.17) is 10.4 Å². The maximum absolute atomic E-state index is 12.6. The first-order chi connectivity index (χ1) is 9.39. The first-order valence-electron chi connectivity index (χ1n) is 6.14. The second-order valence-corrected chi connectivity index (χ2v) is 6.53. The SMILES string of the molecule is Cc1cccc(S(=O)(=O)N2CCC[C@H]2C(=O)O)c1C#N. The fourth-order valence-electron chi connectivity index (χ4n) is 2.40. The number of nitriles is 1. The Labute approximate surface area is 117 Å². The fourth-order valence-corrected chi connectivity index (χ4v) is 4.27. The highest BCUT2D eigenvalue weighted by atomic mass is 32.2. The Morgan fingerprint density at radius 1 is 1.50 bits per heavy atom. The van der Waals surface area contributed by atoms with Crippen LogP contribution in [-0.2, 0) is 14.8 Å². The van der Waals surface area contributed by atoms with Gasteiger partial charge in [0.25, 0.3) is 0 Å². The Morgan fingerprint density at radius 2 is 2.20 bits per heavy atom. The number of aryl methyl sites for hydroxylation is 1. The van der Waals surface area contributed by atoms with Gasteiger partial charge in [0.1, 0.15) is 17.0 Å². The summed E-state index contributed by atoms with van der Waals surface area (Å²) >= 11 is 0. The van der Waals surface area contributed by atoms with Gasteiger partial charge in [0.2, 0.25) is 10.0 Å². The van der Waals surface area contributed by atoms with E-state index in [1.165, 1.54) is 6.07 Å². The molecule has 0 bridgehead atoms. The van der Waals surface area contributed by atoms with Gasteiger partial charge in [-0.2, -0.15) is 9.57 Å². The molecule has 0 amide bonds. The third-order valence-corrected chi connectivity index (χ3v) is 5.37. The fraction of sp³-hybridized carbons (Fsp3) is 0.385. The third kappa shape index (κ3) is 2.28. The summed E-state index contributed by atoms with van der Waals surface area (Å²) in [5.41, 5.74) is 0.628. The second-order valence-electron chi connectivity index (χ2n) is 4.67. The minimum absolute atomic E-state index is 0.0727. The maximum atomic E-state index is 12.6. The Hall–Kier alpha value is -1.91. The second kappa shape index (κ2) is 5.23. The predicted molar refractivity (Wildman–Crippen MR) is 70.4 cm³/mol. The molecule has 0 aromatic heterocycles. The number of hydrogen-bond acceptors (Lipinski definition) is 4. The molecule has 0 radical (unpaired) electrons. The number of sulfonamides is 1. The number of carboxylic acids is 1. The standard InChI is InChI=1S/C13H14N2O4S/c1-9-4-2-6-12(10(9)8-14)20(18,19)15-7-3-5-11(15)13(16)17/h2,4,6,11H,3,5,7H2,1H3,(H,16,17)/t11-/m0/s1. The highest BCUT2D eigenvalue weighted by Crippen LogP contribution is 2.28. The van der Waals surface area contributed by atoms with Crippen molar-refractivity contribution in [1.29, 1.82) is 5.26 Å². The van der Waals surface area contributed by atoms with E-state index in [2.05, 4.69) is 0 Å². The molecule has 1 heterocycles. The van der Waals surface area contributed by atoms with Crippen molar-refractivity contribution in [2.75, 3.05) is 6.54 Å². The molecule has 1 aliphatic rings. The number of aliphatic carboxylic acids is 1. The smallest absolute Gasteiger partial charge is 0.322 e. The molecule has 2 rings (SSSR count). The van der Waals surface area contributed by atoms with Crippen LogP contribution in [-0.4, -0.2) is 36.4 Å². The Morgan fingerprint density at radius 3 is 2.80 bits per heavy atom. The zero-order chi connectivity index (χ0) is 14.9. The van der Waals surface area contributed by atoms with Gasteiger partial charge in [0.15, 0.2) is 0 Å². The van der Waals surface area contributed by atoms with Crippen LogP contribution in [0.15, 0.2) is 23.1 Å². The molecule has 20 heavy (non-hydrogen) atoms. The summed E-state index contributed by atoms with van der Waals surface area (Å²) in [4.78, 5) is 11.0. The molecule has 1 atom stereocenters. The molecule has 1 aromatic rings. The van der Waals surface area contributed by atoms with E-state index in [0.717, 1.165) is 4.31 Å². The van der Waals surface area contributed by atoms with Crippen LogP contribution in [0.4, 0.5) is 0 Å². The summed E-state index contributed by atoms with van der Waals surface area (Å²) in [6.45, 7) is 1.81. The molecule has 1 aliphatic heterocycles. The molecule has 0 aliphatic carbocycles. The van der Waals surface area contributed by atoms with E-state index < -0.39 is 22.0 Å². The average Bonchev–Trinajstić information content (AvgIpc) is 2.88. The topological polar surface area (TPSA) is 98.5 Å². The molecular weight excluding hydrogens is 280 g/mol. The zero-order valence-corrected chi connectivity index (χ0v) is 11.7. The minimum Gasteiger partial charge on any atom is -0.480 e. The van der Waals surface area contributed by atoms with Crippen LogP contribution < -0.4 is 0 Å². The molecule has 0 saturated carbocycles. The Balaban J connectivity index is 2.54. The van der Waals surface area contributed by atoms with Gasteiger partial charge >= 0.3 is 5.97 Å². The van der Waals surface area contributed by atoms with Gasteiger partial charge in [0.05, 0.1) is 5.56 Å². The van der Waals surface area contributed by atoms with E-state index in [1.54, 1.807) is 19.1 Å². The summed E-state index contributed by atoms with van der Waals surface area (Å²) in [5, 5.41) is 18.2. The number of carbonyl (C=O) groups is 1. The molecule has 7 heteroatoms. The van der Waals surface area contributed by atoms with Crippen LogP contribution in [0, 0.1) is 18.3 Å². The lowest BCUT2D eigenvalue weighted by molar-refractivity contribution is -0.140. The van der Waals surface area contributed by atoms with Crippen molar-refractivity contribution < 1.29 is 18.3 Å².